The first-order valence-corrected chi connectivity index (χ1v) is 12.3. The van der Waals surface area contributed by atoms with Crippen molar-refractivity contribution < 1.29 is 9.47 Å². The molecular formula is C30H38N2O2. The molecule has 0 saturated heterocycles. The van der Waals surface area contributed by atoms with E-state index in [1.807, 2.05) is 18.2 Å². The van der Waals surface area contributed by atoms with Crippen LogP contribution in [-0.4, -0.2) is 25.3 Å². The number of hydrogen-bond acceptors (Lipinski definition) is 4. The van der Waals surface area contributed by atoms with Gasteiger partial charge in [0, 0.05) is 12.1 Å². The molecule has 4 heteroatoms. The van der Waals surface area contributed by atoms with Crippen LogP contribution in [0.1, 0.15) is 52.7 Å². The molecule has 1 aliphatic heterocycles. The Balaban J connectivity index is 2.01. The van der Waals surface area contributed by atoms with Gasteiger partial charge in [-0.1, -0.05) is 24.3 Å². The minimum absolute atomic E-state index is 0.0737. The Kier molecular flexibility index (Phi) is 6.53. The Labute approximate surface area is 205 Å². The molecule has 0 saturated carbocycles. The van der Waals surface area contributed by atoms with E-state index < -0.39 is 0 Å². The molecular weight excluding hydrogens is 420 g/mol. The molecule has 0 N–H and O–H groups in total. The van der Waals surface area contributed by atoms with Crippen LogP contribution in [0.4, 0.5) is 22.7 Å². The predicted octanol–water partition coefficient (Wildman–Crippen LogP) is 8.17. The van der Waals surface area contributed by atoms with E-state index in [4.69, 9.17) is 9.47 Å². The van der Waals surface area contributed by atoms with Gasteiger partial charge in [0.05, 0.1) is 41.5 Å². The van der Waals surface area contributed by atoms with Gasteiger partial charge < -0.3 is 19.3 Å². The average Bonchev–Trinajstić information content (AvgIpc) is 2.78. The molecule has 4 nitrogen and oxygen atoms in total. The van der Waals surface area contributed by atoms with Crippen molar-refractivity contribution >= 4 is 22.7 Å². The summed E-state index contributed by atoms with van der Waals surface area (Å²) in [4.78, 5) is 4.98. The lowest BCUT2D eigenvalue weighted by atomic mass is 9.95. The molecule has 1 heterocycles. The minimum Gasteiger partial charge on any atom is -0.496 e. The molecule has 3 aromatic carbocycles. The fourth-order valence-electron chi connectivity index (χ4n) is 5.10. The highest BCUT2D eigenvalue weighted by Gasteiger charge is 2.34. The van der Waals surface area contributed by atoms with E-state index in [0.29, 0.717) is 12.1 Å². The average molecular weight is 459 g/mol. The number of anilines is 4. The molecule has 0 aliphatic carbocycles. The van der Waals surface area contributed by atoms with E-state index in [1.165, 1.54) is 33.9 Å². The minimum atomic E-state index is 0.0737. The van der Waals surface area contributed by atoms with E-state index in [2.05, 4.69) is 95.5 Å². The van der Waals surface area contributed by atoms with Gasteiger partial charge >= 0.3 is 0 Å². The number of rotatable bonds is 6. The summed E-state index contributed by atoms with van der Waals surface area (Å²) < 4.78 is 12.0. The van der Waals surface area contributed by atoms with Gasteiger partial charge in [-0.15, -0.1) is 0 Å². The molecule has 1 aliphatic rings. The van der Waals surface area contributed by atoms with Crippen LogP contribution in [0, 0.1) is 13.8 Å². The maximum Gasteiger partial charge on any atom is 0.131 e. The number of nitrogens with zero attached hydrogens (tertiary/aromatic N) is 2. The van der Waals surface area contributed by atoms with Gasteiger partial charge in [0.25, 0.3) is 0 Å². The summed E-state index contributed by atoms with van der Waals surface area (Å²) in [7, 11) is 1.72. The molecule has 0 bridgehead atoms. The molecule has 0 unspecified atom stereocenters. The van der Waals surface area contributed by atoms with Crippen LogP contribution in [0.2, 0.25) is 0 Å². The molecule has 0 spiro atoms. The van der Waals surface area contributed by atoms with Gasteiger partial charge in [-0.2, -0.15) is 0 Å². The van der Waals surface area contributed by atoms with Gasteiger partial charge in [0.15, 0.2) is 0 Å². The highest BCUT2D eigenvalue weighted by Crippen LogP contribution is 2.54. The van der Waals surface area contributed by atoms with Crippen molar-refractivity contribution in [1.29, 1.82) is 0 Å². The fourth-order valence-corrected chi connectivity index (χ4v) is 5.10. The third kappa shape index (κ3) is 4.00. The van der Waals surface area contributed by atoms with Crippen molar-refractivity contribution in [3.05, 3.63) is 59.7 Å². The van der Waals surface area contributed by atoms with Gasteiger partial charge in [-0.25, -0.2) is 0 Å². The molecule has 180 valence electrons. The maximum atomic E-state index is 6.21. The lowest BCUT2D eigenvalue weighted by molar-refractivity contribution is 0.242. The standard InChI is InChI=1S/C30H38N2O2/c1-18(2)31-24-16-15-23(28-26(33-9)11-10-12-27(28)34-20(5)6)17-25(24)32(19(3)4)30-22(8)14-13-21(7)29(30)31/h10-20H,1-9H3. The Morgan fingerprint density at radius 3 is 1.76 bits per heavy atom. The molecule has 0 aromatic heterocycles. The largest absolute Gasteiger partial charge is 0.496 e. The Morgan fingerprint density at radius 1 is 0.676 bits per heavy atom. The second kappa shape index (κ2) is 9.25. The van der Waals surface area contributed by atoms with Crippen LogP contribution in [0.25, 0.3) is 11.1 Å². The van der Waals surface area contributed by atoms with E-state index in [1.54, 1.807) is 7.11 Å². The Bertz CT molecular complexity index is 1200. The van der Waals surface area contributed by atoms with Crippen LogP contribution in [0.5, 0.6) is 11.5 Å². The third-order valence-corrected chi connectivity index (χ3v) is 6.42. The number of hydrogen-bond donors (Lipinski definition) is 0. The lowest BCUT2D eigenvalue weighted by Gasteiger charge is -2.45. The molecule has 0 fully saturated rings. The maximum absolute atomic E-state index is 6.21. The summed E-state index contributed by atoms with van der Waals surface area (Å²) in [5.74, 6) is 1.66. The number of fused-ring (bicyclic) bond motifs is 2. The van der Waals surface area contributed by atoms with Crippen molar-refractivity contribution in [2.45, 2.75) is 73.6 Å². The SMILES string of the molecule is COc1cccc(OC(C)C)c1-c1ccc2c(c1)N(C(C)C)c1c(C)ccc(C)c1N2C(C)C. The van der Waals surface area contributed by atoms with Crippen molar-refractivity contribution in [2.24, 2.45) is 0 Å². The lowest BCUT2D eigenvalue weighted by Crippen LogP contribution is -2.37. The number of aryl methyl sites for hydroxylation is 2. The van der Waals surface area contributed by atoms with Crippen LogP contribution < -0.4 is 19.3 Å². The first-order valence-electron chi connectivity index (χ1n) is 12.3. The summed E-state index contributed by atoms with van der Waals surface area (Å²) in [6.45, 7) is 17.6. The fraction of sp³-hybridized carbons (Fsp3) is 0.400. The summed E-state index contributed by atoms with van der Waals surface area (Å²) in [5.41, 5.74) is 9.72. The van der Waals surface area contributed by atoms with Crippen LogP contribution in [0.15, 0.2) is 48.5 Å². The molecule has 0 radical (unpaired) electrons. The van der Waals surface area contributed by atoms with Gasteiger partial charge in [-0.05, 0) is 96.3 Å². The zero-order valence-corrected chi connectivity index (χ0v) is 22.1. The van der Waals surface area contributed by atoms with E-state index >= 15 is 0 Å². The number of methoxy groups -OCH3 is 1. The van der Waals surface area contributed by atoms with Crippen molar-refractivity contribution in [1.82, 2.24) is 0 Å². The first kappa shape index (κ1) is 24.0. The van der Waals surface area contributed by atoms with E-state index in [0.717, 1.165) is 22.6 Å². The van der Waals surface area contributed by atoms with Crippen LogP contribution in [0.3, 0.4) is 0 Å². The zero-order valence-electron chi connectivity index (χ0n) is 22.1. The number of benzene rings is 3. The summed E-state index contributed by atoms with van der Waals surface area (Å²) >= 11 is 0. The summed E-state index contributed by atoms with van der Waals surface area (Å²) in [6, 6.07) is 17.9. The molecule has 0 amide bonds. The molecule has 0 atom stereocenters. The van der Waals surface area contributed by atoms with Crippen LogP contribution in [-0.2, 0) is 0 Å². The van der Waals surface area contributed by atoms with E-state index in [9.17, 15) is 0 Å². The third-order valence-electron chi connectivity index (χ3n) is 6.42. The molecule has 4 rings (SSSR count). The van der Waals surface area contributed by atoms with Crippen molar-refractivity contribution in [2.75, 3.05) is 16.9 Å². The zero-order chi connectivity index (χ0) is 24.7. The predicted molar refractivity (Wildman–Crippen MR) is 145 cm³/mol. The molecule has 3 aromatic rings. The van der Waals surface area contributed by atoms with Crippen molar-refractivity contribution in [3.63, 3.8) is 0 Å². The summed E-state index contributed by atoms with van der Waals surface area (Å²) in [6.07, 6.45) is 0.0737. The van der Waals surface area contributed by atoms with Crippen LogP contribution >= 0.6 is 0 Å². The molecule has 34 heavy (non-hydrogen) atoms. The second-order valence-corrected chi connectivity index (χ2v) is 10.0. The Hall–Kier alpha value is -3.14. The first-order chi connectivity index (χ1) is 16.1. The topological polar surface area (TPSA) is 24.9 Å². The highest BCUT2D eigenvalue weighted by atomic mass is 16.5. The van der Waals surface area contributed by atoms with Crippen molar-refractivity contribution in [3.8, 4) is 22.6 Å². The van der Waals surface area contributed by atoms with Gasteiger partial charge in [0.1, 0.15) is 11.5 Å². The second-order valence-electron chi connectivity index (χ2n) is 10.0. The van der Waals surface area contributed by atoms with E-state index in [-0.39, 0.29) is 6.10 Å². The smallest absolute Gasteiger partial charge is 0.131 e. The van der Waals surface area contributed by atoms with Gasteiger partial charge in [0.2, 0.25) is 0 Å². The normalized spacial score (nSPS) is 12.9. The summed E-state index contributed by atoms with van der Waals surface area (Å²) in [5, 5.41) is 0. The number of ether oxygens (including phenoxy) is 2. The quantitative estimate of drug-likeness (QED) is 0.372. The Morgan fingerprint density at radius 2 is 1.24 bits per heavy atom. The van der Waals surface area contributed by atoms with Gasteiger partial charge in [-0.3, -0.25) is 0 Å². The highest BCUT2D eigenvalue weighted by molar-refractivity contribution is 5.98. The monoisotopic (exact) mass is 458 g/mol.